The minimum atomic E-state index is 0.0259. The van der Waals surface area contributed by atoms with Crippen LogP contribution in [0, 0.1) is 5.41 Å². The number of nitrogens with one attached hydrogen (secondary N) is 1. The van der Waals surface area contributed by atoms with Gasteiger partial charge in [-0.15, -0.1) is 0 Å². The molecule has 3 fully saturated rings. The molecule has 0 spiro atoms. The highest BCUT2D eigenvalue weighted by Crippen LogP contribution is 2.36. The standard InChI is InChI=1S/C17H32N2O2/c20-12-16-11-19(9-10-21-16)14-17(13-18-15-5-6-15)7-3-1-2-4-8-17/h15-16,18,20H,1-14H2. The number of aliphatic hydroxyl groups is 1. The van der Waals surface area contributed by atoms with Crippen LogP contribution in [0.3, 0.4) is 0 Å². The van der Waals surface area contributed by atoms with Gasteiger partial charge in [-0.1, -0.05) is 25.7 Å². The van der Waals surface area contributed by atoms with Crippen molar-refractivity contribution in [1.29, 1.82) is 0 Å². The van der Waals surface area contributed by atoms with E-state index in [9.17, 15) is 5.11 Å². The van der Waals surface area contributed by atoms with Crippen LogP contribution in [0.4, 0.5) is 0 Å². The molecule has 1 atom stereocenters. The zero-order valence-corrected chi connectivity index (χ0v) is 13.4. The van der Waals surface area contributed by atoms with E-state index >= 15 is 0 Å². The molecule has 3 rings (SSSR count). The van der Waals surface area contributed by atoms with Crippen molar-refractivity contribution in [1.82, 2.24) is 10.2 Å². The first-order chi connectivity index (χ1) is 10.3. The van der Waals surface area contributed by atoms with Crippen LogP contribution >= 0.6 is 0 Å². The highest BCUT2D eigenvalue weighted by Gasteiger charge is 2.36. The first kappa shape index (κ1) is 15.7. The number of ether oxygens (including phenoxy) is 1. The van der Waals surface area contributed by atoms with Gasteiger partial charge in [0.2, 0.25) is 0 Å². The van der Waals surface area contributed by atoms with Gasteiger partial charge in [-0.05, 0) is 31.1 Å². The van der Waals surface area contributed by atoms with E-state index < -0.39 is 0 Å². The smallest absolute Gasteiger partial charge is 0.0932 e. The van der Waals surface area contributed by atoms with Crippen LogP contribution in [-0.2, 0) is 4.74 Å². The van der Waals surface area contributed by atoms with Crippen molar-refractivity contribution in [2.45, 2.75) is 63.5 Å². The maximum Gasteiger partial charge on any atom is 0.0932 e. The number of nitrogens with zero attached hydrogens (tertiary/aromatic N) is 1. The lowest BCUT2D eigenvalue weighted by atomic mass is 9.79. The normalized spacial score (nSPS) is 31.0. The molecule has 1 saturated heterocycles. The Balaban J connectivity index is 1.59. The molecule has 0 amide bonds. The summed E-state index contributed by atoms with van der Waals surface area (Å²) in [5, 5.41) is 13.1. The Morgan fingerprint density at radius 1 is 1.14 bits per heavy atom. The van der Waals surface area contributed by atoms with Crippen molar-refractivity contribution < 1.29 is 9.84 Å². The summed E-state index contributed by atoms with van der Waals surface area (Å²) in [6, 6.07) is 0.806. The van der Waals surface area contributed by atoms with Crippen LogP contribution in [0.5, 0.6) is 0 Å². The van der Waals surface area contributed by atoms with Gasteiger partial charge in [0.1, 0.15) is 0 Å². The summed E-state index contributed by atoms with van der Waals surface area (Å²) in [6.45, 7) is 5.25. The molecule has 1 unspecified atom stereocenters. The number of hydrogen-bond donors (Lipinski definition) is 2. The summed E-state index contributed by atoms with van der Waals surface area (Å²) in [6.07, 6.45) is 11.1. The Hall–Kier alpha value is -0.160. The molecule has 1 heterocycles. The van der Waals surface area contributed by atoms with E-state index in [0.717, 1.165) is 25.7 Å². The number of morpholine rings is 1. The molecule has 0 aromatic rings. The Bertz CT molecular complexity index is 312. The van der Waals surface area contributed by atoms with Gasteiger partial charge in [-0.3, -0.25) is 4.90 Å². The summed E-state index contributed by atoms with van der Waals surface area (Å²) in [7, 11) is 0. The highest BCUT2D eigenvalue weighted by molar-refractivity contribution is 4.91. The summed E-state index contributed by atoms with van der Waals surface area (Å²) in [5.74, 6) is 0. The fourth-order valence-electron chi connectivity index (χ4n) is 4.03. The molecule has 4 heteroatoms. The number of hydrogen-bond acceptors (Lipinski definition) is 4. The average Bonchev–Trinajstić information content (AvgIpc) is 3.33. The number of rotatable bonds is 6. The van der Waals surface area contributed by atoms with E-state index in [-0.39, 0.29) is 12.7 Å². The molecule has 122 valence electrons. The lowest BCUT2D eigenvalue weighted by molar-refractivity contribution is -0.0638. The zero-order chi connectivity index (χ0) is 14.5. The van der Waals surface area contributed by atoms with Crippen molar-refractivity contribution in [3.05, 3.63) is 0 Å². The number of aliphatic hydroxyl groups excluding tert-OH is 1. The van der Waals surface area contributed by atoms with E-state index in [2.05, 4.69) is 10.2 Å². The maximum atomic E-state index is 9.34. The molecule has 2 N–H and O–H groups in total. The third-order valence-electron chi connectivity index (χ3n) is 5.49. The van der Waals surface area contributed by atoms with E-state index in [1.54, 1.807) is 0 Å². The predicted octanol–water partition coefficient (Wildman–Crippen LogP) is 1.77. The molecule has 21 heavy (non-hydrogen) atoms. The van der Waals surface area contributed by atoms with E-state index in [0.29, 0.717) is 5.41 Å². The molecule has 0 aromatic heterocycles. The topological polar surface area (TPSA) is 44.7 Å². The minimum absolute atomic E-state index is 0.0259. The van der Waals surface area contributed by atoms with E-state index in [1.807, 2.05) is 0 Å². The first-order valence-electron chi connectivity index (χ1n) is 8.98. The average molecular weight is 296 g/mol. The molecular formula is C17H32N2O2. The molecule has 2 aliphatic carbocycles. The largest absolute Gasteiger partial charge is 0.394 e. The Morgan fingerprint density at radius 3 is 2.57 bits per heavy atom. The zero-order valence-electron chi connectivity index (χ0n) is 13.4. The monoisotopic (exact) mass is 296 g/mol. The first-order valence-corrected chi connectivity index (χ1v) is 8.98. The summed E-state index contributed by atoms with van der Waals surface area (Å²) >= 11 is 0. The van der Waals surface area contributed by atoms with Crippen LogP contribution in [0.1, 0.15) is 51.4 Å². The van der Waals surface area contributed by atoms with Gasteiger partial charge in [0.25, 0.3) is 0 Å². The summed E-state index contributed by atoms with van der Waals surface area (Å²) < 4.78 is 5.61. The van der Waals surface area contributed by atoms with Gasteiger partial charge in [-0.2, -0.15) is 0 Å². The van der Waals surface area contributed by atoms with Gasteiger partial charge in [0.05, 0.1) is 19.3 Å². The second-order valence-corrected chi connectivity index (χ2v) is 7.48. The lowest BCUT2D eigenvalue weighted by Crippen LogP contribution is -2.51. The lowest BCUT2D eigenvalue weighted by Gasteiger charge is -2.41. The molecule has 0 radical (unpaired) electrons. The third kappa shape index (κ3) is 4.65. The van der Waals surface area contributed by atoms with Gasteiger partial charge < -0.3 is 15.2 Å². The third-order valence-corrected chi connectivity index (χ3v) is 5.49. The van der Waals surface area contributed by atoms with Gasteiger partial charge >= 0.3 is 0 Å². The van der Waals surface area contributed by atoms with Crippen molar-refractivity contribution in [3.63, 3.8) is 0 Å². The Labute approximate surface area is 129 Å². The minimum Gasteiger partial charge on any atom is -0.394 e. The van der Waals surface area contributed by atoms with Crippen LogP contribution < -0.4 is 5.32 Å². The molecule has 4 nitrogen and oxygen atoms in total. The molecule has 3 aliphatic rings. The van der Waals surface area contributed by atoms with Crippen LogP contribution in [-0.4, -0.2) is 61.5 Å². The SMILES string of the molecule is OCC1CN(CC2(CNC3CC3)CCCCCC2)CCO1. The highest BCUT2D eigenvalue weighted by atomic mass is 16.5. The fraction of sp³-hybridized carbons (Fsp3) is 1.00. The van der Waals surface area contributed by atoms with Crippen LogP contribution in [0.2, 0.25) is 0 Å². The summed E-state index contributed by atoms with van der Waals surface area (Å²) in [5.41, 5.74) is 0.455. The maximum absolute atomic E-state index is 9.34. The van der Waals surface area contributed by atoms with Gasteiger partial charge in [-0.25, -0.2) is 0 Å². The van der Waals surface area contributed by atoms with Gasteiger partial charge in [0.15, 0.2) is 0 Å². The van der Waals surface area contributed by atoms with E-state index in [1.165, 1.54) is 64.5 Å². The second kappa shape index (κ2) is 7.40. The van der Waals surface area contributed by atoms with Crippen molar-refractivity contribution in [3.8, 4) is 0 Å². The predicted molar refractivity (Wildman–Crippen MR) is 84.4 cm³/mol. The van der Waals surface area contributed by atoms with Crippen molar-refractivity contribution in [2.24, 2.45) is 5.41 Å². The molecule has 0 aromatic carbocycles. The van der Waals surface area contributed by atoms with Crippen molar-refractivity contribution >= 4 is 0 Å². The molecule has 1 aliphatic heterocycles. The van der Waals surface area contributed by atoms with Crippen LogP contribution in [0.25, 0.3) is 0 Å². The summed E-state index contributed by atoms with van der Waals surface area (Å²) in [4.78, 5) is 2.55. The van der Waals surface area contributed by atoms with Crippen LogP contribution in [0.15, 0.2) is 0 Å². The Morgan fingerprint density at radius 2 is 1.90 bits per heavy atom. The quantitative estimate of drug-likeness (QED) is 0.733. The molecule has 2 saturated carbocycles. The molecular weight excluding hydrogens is 264 g/mol. The Kier molecular flexibility index (Phi) is 5.54. The fourth-order valence-corrected chi connectivity index (χ4v) is 4.03. The molecule has 0 bridgehead atoms. The van der Waals surface area contributed by atoms with E-state index in [4.69, 9.17) is 4.74 Å². The second-order valence-electron chi connectivity index (χ2n) is 7.48. The van der Waals surface area contributed by atoms with Gasteiger partial charge in [0, 0.05) is 32.2 Å². The van der Waals surface area contributed by atoms with Crippen molar-refractivity contribution in [2.75, 3.05) is 39.4 Å².